The van der Waals surface area contributed by atoms with Gasteiger partial charge < -0.3 is 29.7 Å². The summed E-state index contributed by atoms with van der Waals surface area (Å²) >= 11 is 6.71. The first-order valence-electron chi connectivity index (χ1n) is 16.9. The molecule has 0 aliphatic carbocycles. The first kappa shape index (κ1) is 33.4. The van der Waals surface area contributed by atoms with Crippen LogP contribution in [0.15, 0.2) is 66.9 Å². The highest BCUT2D eigenvalue weighted by molar-refractivity contribution is 6.34. The monoisotopic (exact) mass is 695 g/mol. The van der Waals surface area contributed by atoms with Gasteiger partial charge in [0.25, 0.3) is 0 Å². The Morgan fingerprint density at radius 2 is 1.58 bits per heavy atom. The molecule has 0 spiro atoms. The molecule has 1 N–H and O–H groups in total. The molecule has 2 saturated heterocycles. The summed E-state index contributed by atoms with van der Waals surface area (Å²) in [5.41, 5.74) is 5.78. The fourth-order valence-corrected chi connectivity index (χ4v) is 7.17. The molecule has 3 aliphatic heterocycles. The Hall–Kier alpha value is -5.07. The zero-order chi connectivity index (χ0) is 34.9. The van der Waals surface area contributed by atoms with Gasteiger partial charge >= 0.3 is 6.03 Å². The fraction of sp³-hybridized carbons (Fsp3) is 0.351. The first-order chi connectivity index (χ1) is 24.2. The first-order valence-corrected chi connectivity index (χ1v) is 17.3. The molecule has 0 saturated carbocycles. The molecule has 260 valence electrons. The molecule has 0 unspecified atom stereocenters. The van der Waals surface area contributed by atoms with Gasteiger partial charge in [-0.2, -0.15) is 4.98 Å². The summed E-state index contributed by atoms with van der Waals surface area (Å²) in [4.78, 5) is 48.2. The van der Waals surface area contributed by atoms with Crippen LogP contribution in [-0.2, 0) is 11.3 Å². The van der Waals surface area contributed by atoms with E-state index in [1.807, 2.05) is 54.3 Å². The minimum Gasteiger partial charge on any atom is -0.494 e. The highest BCUT2D eigenvalue weighted by Crippen LogP contribution is 2.43. The van der Waals surface area contributed by atoms with E-state index in [4.69, 9.17) is 21.3 Å². The molecule has 12 nitrogen and oxygen atoms in total. The Balaban J connectivity index is 1.22. The van der Waals surface area contributed by atoms with Crippen LogP contribution in [0.25, 0.3) is 0 Å². The molecule has 4 heterocycles. The van der Waals surface area contributed by atoms with Gasteiger partial charge in [-0.05, 0) is 62.0 Å². The number of nitrogens with zero attached hydrogens (tertiary/aromatic N) is 8. The smallest absolute Gasteiger partial charge is 0.335 e. The summed E-state index contributed by atoms with van der Waals surface area (Å²) in [5.74, 6) is 1.43. The molecule has 3 aliphatic rings. The number of hydrogen-bond acceptors (Lipinski definition) is 9. The third kappa shape index (κ3) is 6.60. The number of carbonyl (C=O) groups excluding carboxylic acids is 2. The fourth-order valence-electron chi connectivity index (χ4n) is 6.85. The lowest BCUT2D eigenvalue weighted by Gasteiger charge is -2.38. The number of piperazine rings is 2. The molecule has 7 rings (SSSR count). The number of benzene rings is 3. The van der Waals surface area contributed by atoms with Crippen LogP contribution in [0.5, 0.6) is 5.75 Å². The van der Waals surface area contributed by atoms with Gasteiger partial charge in [0.1, 0.15) is 5.75 Å². The van der Waals surface area contributed by atoms with Gasteiger partial charge in [0.2, 0.25) is 11.9 Å². The van der Waals surface area contributed by atoms with Crippen LogP contribution in [0.3, 0.4) is 0 Å². The van der Waals surface area contributed by atoms with Crippen molar-refractivity contribution in [2.75, 3.05) is 91.4 Å². The number of halogens is 1. The lowest BCUT2D eigenvalue weighted by atomic mass is 10.1. The number of aryl methyl sites for hydroxylation is 1. The average Bonchev–Trinajstić information content (AvgIpc) is 3.12. The second kappa shape index (κ2) is 14.0. The normalized spacial score (nSPS) is 16.8. The van der Waals surface area contributed by atoms with Crippen molar-refractivity contribution in [1.29, 1.82) is 0 Å². The molecule has 4 aromatic rings. The van der Waals surface area contributed by atoms with Gasteiger partial charge in [-0.3, -0.25) is 9.69 Å². The molecule has 50 heavy (non-hydrogen) atoms. The van der Waals surface area contributed by atoms with E-state index < -0.39 is 0 Å². The number of rotatable bonds is 7. The standard InChI is InChI=1S/C37H42ClN9O3/c1-25-6-5-7-31(38)34(25)46-24-27-23-39-36(40-28-8-10-29(11-9-28)44-16-14-42(3)15-17-44)41-35(27)47(37(46)49)32-13-12-30(22-33(32)50-4)45-20-18-43(19-21-45)26(2)48/h5-13,22-23H,14-21,24H2,1-4H3,(H,39,40,41). The van der Waals surface area contributed by atoms with E-state index in [1.165, 1.54) is 5.69 Å². The molecule has 3 aromatic carbocycles. The van der Waals surface area contributed by atoms with E-state index in [0.29, 0.717) is 60.1 Å². The second-order valence-electron chi connectivity index (χ2n) is 13.0. The van der Waals surface area contributed by atoms with Crippen molar-refractivity contribution in [2.24, 2.45) is 0 Å². The Labute approximate surface area is 297 Å². The zero-order valence-corrected chi connectivity index (χ0v) is 29.7. The number of fused-ring (bicyclic) bond motifs is 1. The maximum absolute atomic E-state index is 14.6. The molecular formula is C37H42ClN9O3. The van der Waals surface area contributed by atoms with Gasteiger partial charge in [-0.15, -0.1) is 0 Å². The van der Waals surface area contributed by atoms with Crippen LogP contribution in [0.4, 0.5) is 45.0 Å². The Morgan fingerprint density at radius 1 is 0.900 bits per heavy atom. The van der Waals surface area contributed by atoms with Crippen LogP contribution < -0.4 is 29.7 Å². The summed E-state index contributed by atoms with van der Waals surface area (Å²) in [7, 11) is 3.75. The van der Waals surface area contributed by atoms with Gasteiger partial charge in [0.15, 0.2) is 5.82 Å². The molecule has 0 atom stereocenters. The number of para-hydroxylation sites is 1. The summed E-state index contributed by atoms with van der Waals surface area (Å²) in [6, 6.07) is 19.4. The van der Waals surface area contributed by atoms with Crippen molar-refractivity contribution >= 4 is 63.7 Å². The van der Waals surface area contributed by atoms with Crippen molar-refractivity contribution in [1.82, 2.24) is 19.8 Å². The Bertz CT molecular complexity index is 1870. The molecule has 0 radical (unpaired) electrons. The summed E-state index contributed by atoms with van der Waals surface area (Å²) in [5, 5.41) is 3.82. The van der Waals surface area contributed by atoms with Crippen LogP contribution in [0, 0.1) is 6.92 Å². The van der Waals surface area contributed by atoms with E-state index in [1.54, 1.807) is 36.1 Å². The Kier molecular flexibility index (Phi) is 9.39. The maximum Gasteiger partial charge on any atom is 0.335 e. The lowest BCUT2D eigenvalue weighted by Crippen LogP contribution is -2.48. The van der Waals surface area contributed by atoms with E-state index in [2.05, 4.69) is 44.2 Å². The number of aromatic nitrogens is 2. The molecule has 13 heteroatoms. The van der Waals surface area contributed by atoms with Gasteiger partial charge in [-0.25, -0.2) is 14.7 Å². The van der Waals surface area contributed by atoms with Gasteiger partial charge in [0.05, 0.1) is 30.1 Å². The number of amides is 3. The van der Waals surface area contributed by atoms with Crippen LogP contribution in [-0.4, -0.2) is 98.2 Å². The van der Waals surface area contributed by atoms with Gasteiger partial charge in [-0.1, -0.05) is 23.7 Å². The number of urea groups is 1. The molecular weight excluding hydrogens is 654 g/mol. The van der Waals surface area contributed by atoms with Crippen LogP contribution in [0.1, 0.15) is 18.1 Å². The average molecular weight is 696 g/mol. The van der Waals surface area contributed by atoms with Crippen molar-refractivity contribution < 1.29 is 14.3 Å². The topological polar surface area (TPSA) is 101 Å². The summed E-state index contributed by atoms with van der Waals surface area (Å²) in [6.45, 7) is 10.5. The van der Waals surface area contributed by atoms with Gasteiger partial charge in [0, 0.05) is 94.2 Å². The summed E-state index contributed by atoms with van der Waals surface area (Å²) < 4.78 is 5.94. The van der Waals surface area contributed by atoms with E-state index in [0.717, 1.165) is 48.7 Å². The lowest BCUT2D eigenvalue weighted by molar-refractivity contribution is -0.129. The van der Waals surface area contributed by atoms with Crippen LogP contribution >= 0.6 is 11.6 Å². The number of anilines is 7. The SMILES string of the molecule is COc1cc(N2CCN(C(C)=O)CC2)ccc1N1C(=O)N(c2c(C)cccc2Cl)Cc2cnc(Nc3ccc(N4CCN(C)CC4)cc3)nc21. The number of hydrogen-bond donors (Lipinski definition) is 1. The highest BCUT2D eigenvalue weighted by Gasteiger charge is 2.37. The van der Waals surface area contributed by atoms with Crippen molar-refractivity contribution in [3.63, 3.8) is 0 Å². The molecule has 0 bridgehead atoms. The quantitative estimate of drug-likeness (QED) is 0.254. The number of carbonyl (C=O) groups is 2. The number of nitrogens with one attached hydrogen (secondary N) is 1. The molecule has 3 amide bonds. The molecule has 1 aromatic heterocycles. The second-order valence-corrected chi connectivity index (χ2v) is 13.4. The van der Waals surface area contributed by atoms with Crippen molar-refractivity contribution in [2.45, 2.75) is 20.4 Å². The number of methoxy groups -OCH3 is 1. The molecule has 2 fully saturated rings. The highest BCUT2D eigenvalue weighted by atomic mass is 35.5. The third-order valence-corrected chi connectivity index (χ3v) is 10.1. The van der Waals surface area contributed by atoms with E-state index in [-0.39, 0.29) is 18.5 Å². The Morgan fingerprint density at radius 3 is 2.26 bits per heavy atom. The largest absolute Gasteiger partial charge is 0.494 e. The van der Waals surface area contributed by atoms with E-state index >= 15 is 0 Å². The predicted octanol–water partition coefficient (Wildman–Crippen LogP) is 5.89. The van der Waals surface area contributed by atoms with Crippen molar-refractivity contribution in [3.8, 4) is 5.75 Å². The predicted molar refractivity (Wildman–Crippen MR) is 199 cm³/mol. The van der Waals surface area contributed by atoms with Crippen LogP contribution in [0.2, 0.25) is 5.02 Å². The zero-order valence-electron chi connectivity index (χ0n) is 28.9. The third-order valence-electron chi connectivity index (χ3n) is 9.75. The summed E-state index contributed by atoms with van der Waals surface area (Å²) in [6.07, 6.45) is 1.76. The van der Waals surface area contributed by atoms with E-state index in [9.17, 15) is 9.59 Å². The minimum atomic E-state index is -0.309. The number of likely N-dealkylation sites (N-methyl/N-ethyl adjacent to an activating group) is 1. The van der Waals surface area contributed by atoms with Crippen molar-refractivity contribution in [3.05, 3.63) is 83.0 Å². The maximum atomic E-state index is 14.6. The number of ether oxygens (including phenoxy) is 1. The minimum absolute atomic E-state index is 0.0803.